The molecule has 0 spiro atoms. The van der Waals surface area contributed by atoms with Crippen molar-refractivity contribution in [2.75, 3.05) is 20.8 Å². The molecule has 1 saturated heterocycles. The number of hydrogen-bond donors (Lipinski definition) is 0. The minimum atomic E-state index is -0.299. The molecule has 0 radical (unpaired) electrons. The van der Waals surface area contributed by atoms with Crippen LogP contribution in [0, 0.1) is 11.3 Å². The van der Waals surface area contributed by atoms with Crippen LogP contribution in [0.2, 0.25) is 0 Å². The Labute approximate surface area is 78.4 Å². The van der Waals surface area contributed by atoms with Gasteiger partial charge in [0.15, 0.2) is 0 Å². The summed E-state index contributed by atoms with van der Waals surface area (Å²) < 4.78 is 15.7. The van der Waals surface area contributed by atoms with Crippen LogP contribution in [0.1, 0.15) is 12.8 Å². The van der Waals surface area contributed by atoms with Crippen LogP contribution in [0.3, 0.4) is 0 Å². The Morgan fingerprint density at radius 3 is 2.77 bits per heavy atom. The Hall–Kier alpha value is -0.630. The fraction of sp³-hybridized carbons (Fsp3) is 0.889. The molecule has 0 bridgehead atoms. The monoisotopic (exact) mass is 185 g/mol. The highest BCUT2D eigenvalue weighted by Gasteiger charge is 2.31. The lowest BCUT2D eigenvalue weighted by Gasteiger charge is -2.32. The van der Waals surface area contributed by atoms with Gasteiger partial charge < -0.3 is 14.2 Å². The predicted octanol–water partition coefficient (Wildman–Crippen LogP) is 0.719. The lowest BCUT2D eigenvalue weighted by atomic mass is 10.0. The SMILES string of the molecule is COC[C@H]1O[C@H](C#N)CC[C@@H]1OC. The van der Waals surface area contributed by atoms with Gasteiger partial charge in [-0.3, -0.25) is 0 Å². The highest BCUT2D eigenvalue weighted by molar-refractivity contribution is 4.91. The lowest BCUT2D eigenvalue weighted by molar-refractivity contribution is -0.133. The van der Waals surface area contributed by atoms with Gasteiger partial charge in [-0.2, -0.15) is 5.26 Å². The summed E-state index contributed by atoms with van der Waals surface area (Å²) in [5.41, 5.74) is 0. The summed E-state index contributed by atoms with van der Waals surface area (Å²) in [6.45, 7) is 0.483. The number of rotatable bonds is 3. The molecule has 0 N–H and O–H groups in total. The average Bonchev–Trinajstić information content (AvgIpc) is 2.18. The van der Waals surface area contributed by atoms with Crippen LogP contribution in [0.25, 0.3) is 0 Å². The molecule has 1 aliphatic rings. The number of ether oxygens (including phenoxy) is 3. The van der Waals surface area contributed by atoms with E-state index in [1.54, 1.807) is 14.2 Å². The second-order valence-electron chi connectivity index (χ2n) is 3.10. The molecule has 0 aromatic carbocycles. The molecule has 1 fully saturated rings. The zero-order chi connectivity index (χ0) is 9.68. The van der Waals surface area contributed by atoms with Crippen molar-refractivity contribution < 1.29 is 14.2 Å². The van der Waals surface area contributed by atoms with Crippen LogP contribution in [0.15, 0.2) is 0 Å². The van der Waals surface area contributed by atoms with E-state index in [1.807, 2.05) is 0 Å². The van der Waals surface area contributed by atoms with E-state index in [2.05, 4.69) is 6.07 Å². The molecule has 13 heavy (non-hydrogen) atoms. The topological polar surface area (TPSA) is 51.5 Å². The van der Waals surface area contributed by atoms with E-state index in [1.165, 1.54) is 0 Å². The van der Waals surface area contributed by atoms with E-state index in [9.17, 15) is 0 Å². The van der Waals surface area contributed by atoms with Crippen LogP contribution in [-0.4, -0.2) is 39.1 Å². The highest BCUT2D eigenvalue weighted by Crippen LogP contribution is 2.21. The van der Waals surface area contributed by atoms with Gasteiger partial charge in [-0.1, -0.05) is 0 Å². The van der Waals surface area contributed by atoms with Crippen molar-refractivity contribution >= 4 is 0 Å². The molecule has 0 amide bonds. The smallest absolute Gasteiger partial charge is 0.144 e. The summed E-state index contributed by atoms with van der Waals surface area (Å²) in [6.07, 6.45) is 1.27. The Morgan fingerprint density at radius 1 is 1.46 bits per heavy atom. The van der Waals surface area contributed by atoms with Gasteiger partial charge in [-0.05, 0) is 12.8 Å². The van der Waals surface area contributed by atoms with Crippen molar-refractivity contribution in [3.63, 3.8) is 0 Å². The molecule has 1 rings (SSSR count). The second kappa shape index (κ2) is 5.18. The molecule has 1 heterocycles. The van der Waals surface area contributed by atoms with E-state index < -0.39 is 0 Å². The quantitative estimate of drug-likeness (QED) is 0.650. The normalized spacial score (nSPS) is 34.1. The highest BCUT2D eigenvalue weighted by atomic mass is 16.6. The Morgan fingerprint density at radius 2 is 2.23 bits per heavy atom. The van der Waals surface area contributed by atoms with Crippen LogP contribution < -0.4 is 0 Å². The third kappa shape index (κ3) is 2.66. The van der Waals surface area contributed by atoms with Gasteiger partial charge >= 0.3 is 0 Å². The first kappa shape index (κ1) is 10.5. The molecule has 4 heteroatoms. The molecule has 0 aromatic heterocycles. The third-order valence-corrected chi connectivity index (χ3v) is 2.24. The standard InChI is InChI=1S/C9H15NO3/c1-11-6-9-8(12-2)4-3-7(5-10)13-9/h7-9H,3-4,6H2,1-2H3/t7-,8-,9+/m0/s1. The third-order valence-electron chi connectivity index (χ3n) is 2.24. The first-order valence-corrected chi connectivity index (χ1v) is 4.38. The number of methoxy groups -OCH3 is 2. The van der Waals surface area contributed by atoms with Crippen molar-refractivity contribution in [1.29, 1.82) is 5.26 Å². The van der Waals surface area contributed by atoms with Crippen molar-refractivity contribution in [3.8, 4) is 6.07 Å². The fourth-order valence-corrected chi connectivity index (χ4v) is 1.54. The number of nitriles is 1. The van der Waals surface area contributed by atoms with E-state index in [0.29, 0.717) is 6.61 Å². The van der Waals surface area contributed by atoms with Crippen molar-refractivity contribution in [1.82, 2.24) is 0 Å². The van der Waals surface area contributed by atoms with E-state index in [0.717, 1.165) is 12.8 Å². The van der Waals surface area contributed by atoms with Crippen LogP contribution in [-0.2, 0) is 14.2 Å². The minimum absolute atomic E-state index is 0.0598. The lowest BCUT2D eigenvalue weighted by Crippen LogP contribution is -2.42. The van der Waals surface area contributed by atoms with Gasteiger partial charge in [0, 0.05) is 14.2 Å². The summed E-state index contributed by atoms with van der Waals surface area (Å²) in [4.78, 5) is 0. The maximum absolute atomic E-state index is 8.68. The summed E-state index contributed by atoms with van der Waals surface area (Å²) in [5, 5.41) is 8.68. The van der Waals surface area contributed by atoms with Crippen molar-refractivity contribution in [2.24, 2.45) is 0 Å². The molecular formula is C9H15NO3. The molecule has 4 nitrogen and oxygen atoms in total. The van der Waals surface area contributed by atoms with Crippen LogP contribution >= 0.6 is 0 Å². The number of nitrogens with zero attached hydrogens (tertiary/aromatic N) is 1. The predicted molar refractivity (Wildman–Crippen MR) is 46.2 cm³/mol. The van der Waals surface area contributed by atoms with Gasteiger partial charge in [-0.15, -0.1) is 0 Å². The van der Waals surface area contributed by atoms with Gasteiger partial charge in [-0.25, -0.2) is 0 Å². The molecular weight excluding hydrogens is 170 g/mol. The first-order valence-electron chi connectivity index (χ1n) is 4.38. The zero-order valence-electron chi connectivity index (χ0n) is 8.03. The zero-order valence-corrected chi connectivity index (χ0v) is 8.03. The molecule has 0 aliphatic carbocycles. The largest absolute Gasteiger partial charge is 0.382 e. The Balaban J connectivity index is 2.48. The fourth-order valence-electron chi connectivity index (χ4n) is 1.54. The Bertz CT molecular complexity index is 190. The number of hydrogen-bond acceptors (Lipinski definition) is 4. The first-order chi connectivity index (χ1) is 6.31. The van der Waals surface area contributed by atoms with Gasteiger partial charge in [0.1, 0.15) is 12.2 Å². The van der Waals surface area contributed by atoms with Gasteiger partial charge in [0.05, 0.1) is 18.8 Å². The van der Waals surface area contributed by atoms with Gasteiger partial charge in [0.2, 0.25) is 0 Å². The molecule has 74 valence electrons. The minimum Gasteiger partial charge on any atom is -0.382 e. The molecule has 1 aliphatic heterocycles. The maximum atomic E-state index is 8.68. The van der Waals surface area contributed by atoms with Crippen LogP contribution in [0.4, 0.5) is 0 Å². The summed E-state index contributed by atoms with van der Waals surface area (Å²) in [5.74, 6) is 0. The van der Waals surface area contributed by atoms with Crippen molar-refractivity contribution in [3.05, 3.63) is 0 Å². The summed E-state index contributed by atoms with van der Waals surface area (Å²) >= 11 is 0. The van der Waals surface area contributed by atoms with E-state index in [4.69, 9.17) is 19.5 Å². The Kier molecular flexibility index (Phi) is 4.16. The molecule has 0 aromatic rings. The maximum Gasteiger partial charge on any atom is 0.144 e. The second-order valence-corrected chi connectivity index (χ2v) is 3.10. The molecule has 0 saturated carbocycles. The van der Waals surface area contributed by atoms with E-state index in [-0.39, 0.29) is 18.3 Å². The molecule has 3 atom stereocenters. The van der Waals surface area contributed by atoms with Crippen molar-refractivity contribution in [2.45, 2.75) is 31.2 Å². The summed E-state index contributed by atoms with van der Waals surface area (Å²) in [7, 11) is 3.27. The molecule has 0 unspecified atom stereocenters. The summed E-state index contributed by atoms with van der Waals surface area (Å²) in [6, 6.07) is 2.10. The van der Waals surface area contributed by atoms with Gasteiger partial charge in [0.25, 0.3) is 0 Å². The van der Waals surface area contributed by atoms with Crippen LogP contribution in [0.5, 0.6) is 0 Å². The average molecular weight is 185 g/mol. The van der Waals surface area contributed by atoms with E-state index >= 15 is 0 Å².